The quantitative estimate of drug-likeness (QED) is 0.00942. The van der Waals surface area contributed by atoms with Crippen molar-refractivity contribution in [2.45, 2.75) is 126 Å². The molecule has 2 aromatic heterocycles. The summed E-state index contributed by atoms with van der Waals surface area (Å²) in [5.74, 6) is 3.66. The summed E-state index contributed by atoms with van der Waals surface area (Å²) in [5, 5.41) is 68.6. The maximum absolute atomic E-state index is 14.3. The van der Waals surface area contributed by atoms with E-state index in [0.29, 0.717) is 16.9 Å². The number of carbonyl (C=O) groups is 3. The molecule has 640 valence electrons. The predicted octanol–water partition coefficient (Wildman–Crippen LogP) is 11.4. The molecule has 14 atom stereocenters. The molecule has 9 aromatic carbocycles. The van der Waals surface area contributed by atoms with Gasteiger partial charge in [0.05, 0.1) is 18.9 Å². The van der Waals surface area contributed by atoms with Crippen LogP contribution < -0.4 is 51.3 Å². The van der Waals surface area contributed by atoms with Crippen LogP contribution in [0.1, 0.15) is 63.8 Å². The third-order valence-corrected chi connectivity index (χ3v) is 24.7. The minimum atomic E-state index is -4.50. The molecule has 4 heterocycles. The SMILES string of the molecule is CC(C)P(=O)(N[C@@H](C)C(=O)OCc1ccccc1)Oc1cccc2ccccc12.C[C@H](NP(=O)(Cl)Oc1cccc2ccccc12)C(=O)OCc1ccccc1.C[C@H](NP(=O)(OC[C@H]1O[C@@H](n2ccc(=O)[nH]c2=O)[C@@](O)(C#CCl)[C@@H]1O)Oc1cccc2ccccc12)C(=O)OCc1ccccc1.O=c1ccn([C@@H]2O[C@H](CO)[C@@H](O)[C@]2(O)C#CCl)c(=O)[nH]1. The first kappa shape index (κ1) is 93.4. The Kier molecular flexibility index (Phi) is 32.8. The number of hydrogen-bond acceptors (Lipinski definition) is 24. The molecule has 3 unspecified atom stereocenters. The number of hydrogen-bond donors (Lipinski definition) is 10. The van der Waals surface area contributed by atoms with Crippen molar-refractivity contribution in [2.75, 3.05) is 13.2 Å². The van der Waals surface area contributed by atoms with Crippen LogP contribution in [0.15, 0.2) is 262 Å². The third-order valence-electron chi connectivity index (χ3n) is 18.7. The van der Waals surface area contributed by atoms with Crippen molar-refractivity contribution in [3.05, 3.63) is 301 Å². The monoisotopic (exact) mass is 1790 g/mol. The zero-order valence-corrected chi connectivity index (χ0v) is 70.7. The lowest BCUT2D eigenvalue weighted by Crippen LogP contribution is -2.48. The number of aliphatic hydroxyl groups is 5. The number of aromatic amines is 2. The molecule has 0 radical (unpaired) electrons. The summed E-state index contributed by atoms with van der Waals surface area (Å²) in [6.45, 7) is 3.35. The van der Waals surface area contributed by atoms with Crippen LogP contribution in [-0.4, -0.2) is 135 Å². The van der Waals surface area contributed by atoms with E-state index in [1.54, 1.807) is 87.5 Å². The average Bonchev–Trinajstić information content (AvgIpc) is 1.61. The highest BCUT2D eigenvalue weighted by molar-refractivity contribution is 7.84. The van der Waals surface area contributed by atoms with Crippen molar-refractivity contribution in [1.29, 1.82) is 0 Å². The standard InChI is InChI=1S/C31H29ClN3O10P.C23H26NO4P.C20H19ClNO4P.C11H11ClN2O6/c1-20(28(38)42-18-21-8-3-2-4-9-21)34-46(41,45-24-13-7-11-22-10-5-6-12-23(22)24)43-19-25-27(37)31(40,15-16-32)29(44-25)35-17-14-26(36)33-30(35)39;1-17(2)29(26,28-22-15-9-13-20-12-7-8-14-21(20)22)24-18(3)23(25)27-16-19-10-5-4-6-11-19;1-15(20(23)25-14-16-8-3-2-4-9-16)22-27(21,24)26-19-13-7-11-17-10-5-6-12-18(17)19;12-3-2-11(19)8(17)6(5-15)20-9(11)14-4-1-7(16)13-10(14)18/h2-14,17,20,25,27,29,37,40H,18-19H2,1H3,(H,34,41)(H,33,36,39);4-15,17-18H,16H2,1-3H3,(H,24,26);2-13,15H,14H2,1H3,(H,22,24);1,4,6,8-9,15,17,19H,5H2,(H,13,16,18)/t20-,25+,27+,29+,31+,46?;18-,29?;15-,27?;6-,8-,9-,11-/m0001/s1. The fraction of sp³-hybridized carbons (Fsp3) is 0.259. The second-order valence-corrected chi connectivity index (χ2v) is 35.2. The van der Waals surface area contributed by atoms with E-state index in [9.17, 15) is 67.7 Å². The second kappa shape index (κ2) is 42.8. The number of H-pyrrole nitrogens is 2. The highest BCUT2D eigenvalue weighted by Crippen LogP contribution is 2.52. The zero-order valence-electron chi connectivity index (χ0n) is 65.8. The molecule has 0 amide bonds. The molecule has 13 rings (SSSR count). The molecule has 2 aliphatic rings. The molecule has 2 fully saturated rings. The maximum Gasteiger partial charge on any atom is 0.459 e. The first-order valence-corrected chi connectivity index (χ1v) is 44.0. The first-order chi connectivity index (χ1) is 58.3. The van der Waals surface area contributed by atoms with Crippen LogP contribution in [0, 0.1) is 22.6 Å². The summed E-state index contributed by atoms with van der Waals surface area (Å²) >= 11 is 16.9. The number of benzene rings is 9. The molecular formula is C85H85Cl3N7O24P3. The van der Waals surface area contributed by atoms with E-state index in [2.05, 4.69) is 27.1 Å². The van der Waals surface area contributed by atoms with Gasteiger partial charge in [-0.05, 0) is 107 Å². The highest BCUT2D eigenvalue weighted by atomic mass is 35.7. The summed E-state index contributed by atoms with van der Waals surface area (Å²) in [6, 6.07) is 65.3. The molecule has 2 saturated heterocycles. The Bertz CT molecular complexity index is 6000. The van der Waals surface area contributed by atoms with Crippen molar-refractivity contribution in [3.8, 4) is 39.8 Å². The number of halogens is 3. The van der Waals surface area contributed by atoms with Gasteiger partial charge in [0.15, 0.2) is 12.5 Å². The van der Waals surface area contributed by atoms with Crippen LogP contribution in [0.3, 0.4) is 0 Å². The van der Waals surface area contributed by atoms with E-state index in [-0.39, 0.29) is 31.2 Å². The lowest BCUT2D eigenvalue weighted by Gasteiger charge is -2.27. The Balaban J connectivity index is 0.000000179. The lowest BCUT2D eigenvalue weighted by molar-refractivity contribution is -0.147. The number of aliphatic hydroxyl groups excluding tert-OH is 3. The minimum absolute atomic E-state index is 0.0329. The molecule has 0 aliphatic carbocycles. The lowest BCUT2D eigenvalue weighted by atomic mass is 9.95. The summed E-state index contributed by atoms with van der Waals surface area (Å²) < 4.78 is 92.2. The highest BCUT2D eigenvalue weighted by Gasteiger charge is 2.58. The Labute approximate surface area is 713 Å². The van der Waals surface area contributed by atoms with E-state index in [4.69, 9.17) is 81.3 Å². The predicted molar refractivity (Wildman–Crippen MR) is 457 cm³/mol. The van der Waals surface area contributed by atoms with Crippen LogP contribution in [0.2, 0.25) is 0 Å². The van der Waals surface area contributed by atoms with Crippen molar-refractivity contribution in [1.82, 2.24) is 34.4 Å². The fourth-order valence-electron chi connectivity index (χ4n) is 12.3. The van der Waals surface area contributed by atoms with Gasteiger partial charge in [0, 0.05) is 62.7 Å². The Morgan fingerprint density at radius 3 is 1.20 bits per heavy atom. The van der Waals surface area contributed by atoms with Crippen molar-refractivity contribution in [3.63, 3.8) is 0 Å². The maximum atomic E-state index is 14.3. The third kappa shape index (κ3) is 24.3. The number of carbonyl (C=O) groups excluding carboxylic acids is 3. The summed E-state index contributed by atoms with van der Waals surface area (Å²) in [4.78, 5) is 88.3. The van der Waals surface area contributed by atoms with E-state index < -0.39 is 142 Å². The zero-order chi connectivity index (χ0) is 87.9. The van der Waals surface area contributed by atoms with Gasteiger partial charge >= 0.3 is 51.4 Å². The topological polar surface area (TPSA) is 432 Å². The number of fused-ring (bicyclic) bond motifs is 3. The molecule has 11 aromatic rings. The molecular weight excluding hydrogens is 1700 g/mol. The molecule has 0 spiro atoms. The summed E-state index contributed by atoms with van der Waals surface area (Å²) in [7, 11) is -7.87. The minimum Gasteiger partial charge on any atom is -0.460 e. The summed E-state index contributed by atoms with van der Waals surface area (Å²) in [5.41, 5.74) is -5.64. The van der Waals surface area contributed by atoms with E-state index in [1.807, 2.05) is 172 Å². The van der Waals surface area contributed by atoms with Gasteiger partial charge < -0.3 is 62.8 Å². The van der Waals surface area contributed by atoms with Gasteiger partial charge in [-0.2, -0.15) is 5.09 Å². The smallest absolute Gasteiger partial charge is 0.459 e. The van der Waals surface area contributed by atoms with Gasteiger partial charge in [0.2, 0.25) is 11.2 Å². The number of esters is 3. The molecule has 2 aliphatic heterocycles. The normalized spacial score (nSPS) is 20.5. The van der Waals surface area contributed by atoms with Gasteiger partial charge in [-0.25, -0.2) is 28.9 Å². The molecule has 0 saturated carbocycles. The van der Waals surface area contributed by atoms with E-state index >= 15 is 0 Å². The van der Waals surface area contributed by atoms with Crippen LogP contribution in [0.4, 0.5) is 0 Å². The Morgan fingerprint density at radius 1 is 0.475 bits per heavy atom. The fourth-order valence-corrected chi connectivity index (χ4v) is 17.5. The Morgan fingerprint density at radius 2 is 0.820 bits per heavy atom. The largest absolute Gasteiger partial charge is 0.460 e. The number of ether oxygens (including phenoxy) is 5. The van der Waals surface area contributed by atoms with Crippen LogP contribution in [-0.2, 0) is 76.1 Å². The molecule has 0 bridgehead atoms. The number of rotatable bonds is 28. The number of nitrogens with zero attached hydrogens (tertiary/aromatic N) is 2. The van der Waals surface area contributed by atoms with Crippen LogP contribution in [0.25, 0.3) is 32.3 Å². The van der Waals surface area contributed by atoms with Gasteiger partial charge in [0.1, 0.15) is 79.6 Å². The first-order valence-electron chi connectivity index (χ1n) is 37.5. The number of aromatic nitrogens is 4. The van der Waals surface area contributed by atoms with E-state index in [1.165, 1.54) is 13.8 Å². The van der Waals surface area contributed by atoms with Gasteiger partial charge in [-0.3, -0.25) is 52.2 Å². The number of nitrogens with one attached hydrogen (secondary N) is 5. The second-order valence-electron chi connectivity index (χ2n) is 27.8. The van der Waals surface area contributed by atoms with E-state index in [0.717, 1.165) is 77.3 Å². The molecule has 31 nitrogen and oxygen atoms in total. The van der Waals surface area contributed by atoms with Gasteiger partial charge in [-0.15, -0.1) is 0 Å². The Hall–Kier alpha value is -10.8. The van der Waals surface area contributed by atoms with Crippen molar-refractivity contribution >= 4 is 107 Å². The van der Waals surface area contributed by atoms with Gasteiger partial charge in [0.25, 0.3) is 11.1 Å². The molecule has 37 heteroatoms. The molecule has 122 heavy (non-hydrogen) atoms. The van der Waals surface area contributed by atoms with Gasteiger partial charge in [-0.1, -0.05) is 214 Å². The summed E-state index contributed by atoms with van der Waals surface area (Å²) in [6.07, 6.45) is -7.01. The van der Waals surface area contributed by atoms with Crippen LogP contribution in [0.5, 0.6) is 17.2 Å². The van der Waals surface area contributed by atoms with Crippen molar-refractivity contribution in [2.24, 2.45) is 0 Å². The van der Waals surface area contributed by atoms with Crippen molar-refractivity contribution < 1.29 is 95.4 Å². The average molecular weight is 1790 g/mol. The van der Waals surface area contributed by atoms with Crippen LogP contribution >= 0.6 is 56.6 Å². The molecule has 10 N–H and O–H groups in total.